The van der Waals surface area contributed by atoms with Crippen LogP contribution >= 0.6 is 0 Å². The molecule has 0 heterocycles. The Hall–Kier alpha value is -0.770. The standard InChI is InChI=1S/C15H30N2O2/c1-15(2,3)19-14(18)17-12-11-16-10-9-13-7-5-4-6-8-13/h13,16H,4-12H2,1-3H3,(H,17,18). The maximum absolute atomic E-state index is 11.4. The Balaban J connectivity index is 1.92. The third kappa shape index (κ3) is 8.87. The van der Waals surface area contributed by atoms with Crippen LogP contribution in [0.15, 0.2) is 0 Å². The van der Waals surface area contributed by atoms with Crippen molar-refractivity contribution < 1.29 is 9.53 Å². The monoisotopic (exact) mass is 270 g/mol. The molecule has 4 nitrogen and oxygen atoms in total. The third-order valence-electron chi connectivity index (χ3n) is 3.42. The molecule has 0 spiro atoms. The molecule has 0 aliphatic heterocycles. The van der Waals surface area contributed by atoms with Gasteiger partial charge in [-0.3, -0.25) is 0 Å². The van der Waals surface area contributed by atoms with E-state index < -0.39 is 5.60 Å². The molecule has 1 amide bonds. The van der Waals surface area contributed by atoms with Crippen molar-refractivity contribution in [3.8, 4) is 0 Å². The fourth-order valence-corrected chi connectivity index (χ4v) is 2.47. The van der Waals surface area contributed by atoms with E-state index in [0.717, 1.165) is 19.0 Å². The van der Waals surface area contributed by atoms with Gasteiger partial charge in [-0.15, -0.1) is 0 Å². The van der Waals surface area contributed by atoms with Crippen molar-refractivity contribution in [2.75, 3.05) is 19.6 Å². The summed E-state index contributed by atoms with van der Waals surface area (Å²) < 4.78 is 5.16. The molecule has 1 aliphatic carbocycles. The van der Waals surface area contributed by atoms with Gasteiger partial charge in [0.25, 0.3) is 0 Å². The van der Waals surface area contributed by atoms with Crippen LogP contribution in [0.25, 0.3) is 0 Å². The van der Waals surface area contributed by atoms with Crippen molar-refractivity contribution in [3.63, 3.8) is 0 Å². The van der Waals surface area contributed by atoms with Crippen molar-refractivity contribution in [2.24, 2.45) is 5.92 Å². The van der Waals surface area contributed by atoms with Gasteiger partial charge in [-0.25, -0.2) is 4.79 Å². The van der Waals surface area contributed by atoms with Crippen molar-refractivity contribution >= 4 is 6.09 Å². The van der Waals surface area contributed by atoms with Gasteiger partial charge in [0.2, 0.25) is 0 Å². The zero-order chi connectivity index (χ0) is 14.1. The Labute approximate surface area is 117 Å². The molecule has 1 saturated carbocycles. The molecule has 0 unspecified atom stereocenters. The minimum atomic E-state index is -0.418. The van der Waals surface area contributed by atoms with Gasteiger partial charge in [0.15, 0.2) is 0 Å². The highest BCUT2D eigenvalue weighted by Crippen LogP contribution is 2.25. The molecule has 0 aromatic carbocycles. The second kappa shape index (κ2) is 8.41. The lowest BCUT2D eigenvalue weighted by Gasteiger charge is -2.21. The Kier molecular flexibility index (Phi) is 7.21. The number of ether oxygens (including phenoxy) is 1. The molecule has 0 aromatic heterocycles. The number of rotatable bonds is 6. The first-order valence-corrected chi connectivity index (χ1v) is 7.65. The maximum atomic E-state index is 11.4. The van der Waals surface area contributed by atoms with Gasteiger partial charge < -0.3 is 15.4 Å². The highest BCUT2D eigenvalue weighted by atomic mass is 16.6. The molecular formula is C15H30N2O2. The summed E-state index contributed by atoms with van der Waals surface area (Å²) >= 11 is 0. The van der Waals surface area contributed by atoms with Gasteiger partial charge in [-0.05, 0) is 39.7 Å². The predicted octanol–water partition coefficient (Wildman–Crippen LogP) is 3.07. The summed E-state index contributed by atoms with van der Waals surface area (Å²) in [4.78, 5) is 11.4. The fraction of sp³-hybridized carbons (Fsp3) is 0.933. The molecule has 0 aromatic rings. The second-order valence-electron chi connectivity index (χ2n) is 6.47. The van der Waals surface area contributed by atoms with Crippen molar-refractivity contribution in [3.05, 3.63) is 0 Å². The van der Waals surface area contributed by atoms with Crippen molar-refractivity contribution in [1.82, 2.24) is 10.6 Å². The zero-order valence-corrected chi connectivity index (χ0v) is 12.8. The van der Waals surface area contributed by atoms with E-state index in [1.807, 2.05) is 20.8 Å². The lowest BCUT2D eigenvalue weighted by molar-refractivity contribution is 0.0528. The number of carbonyl (C=O) groups excluding carboxylic acids is 1. The fourth-order valence-electron chi connectivity index (χ4n) is 2.47. The summed E-state index contributed by atoms with van der Waals surface area (Å²) in [5, 5.41) is 6.13. The lowest BCUT2D eigenvalue weighted by atomic mass is 9.87. The molecular weight excluding hydrogens is 240 g/mol. The predicted molar refractivity (Wildman–Crippen MR) is 78.3 cm³/mol. The zero-order valence-electron chi connectivity index (χ0n) is 12.8. The van der Waals surface area contributed by atoms with Crippen LogP contribution in [0.1, 0.15) is 59.3 Å². The maximum Gasteiger partial charge on any atom is 0.407 e. The molecule has 112 valence electrons. The summed E-state index contributed by atoms with van der Waals surface area (Å²) in [6.45, 7) is 8.10. The van der Waals surface area contributed by atoms with E-state index in [-0.39, 0.29) is 6.09 Å². The average Bonchev–Trinajstić information content (AvgIpc) is 2.32. The molecule has 0 saturated heterocycles. The van der Waals surface area contributed by atoms with Crippen LogP contribution in [0, 0.1) is 5.92 Å². The highest BCUT2D eigenvalue weighted by Gasteiger charge is 2.15. The van der Waals surface area contributed by atoms with Crippen LogP contribution in [0.5, 0.6) is 0 Å². The Morgan fingerprint density at radius 1 is 1.11 bits per heavy atom. The SMILES string of the molecule is CC(C)(C)OC(=O)NCCNCCC1CCCCC1. The van der Waals surface area contributed by atoms with Crippen molar-refractivity contribution in [1.29, 1.82) is 0 Å². The summed E-state index contributed by atoms with van der Waals surface area (Å²) in [6, 6.07) is 0. The van der Waals surface area contributed by atoms with E-state index in [1.54, 1.807) is 0 Å². The van der Waals surface area contributed by atoms with E-state index in [4.69, 9.17) is 4.74 Å². The summed E-state index contributed by atoms with van der Waals surface area (Å²) in [5.74, 6) is 0.917. The number of hydrogen-bond donors (Lipinski definition) is 2. The van der Waals surface area contributed by atoms with E-state index >= 15 is 0 Å². The first-order chi connectivity index (χ1) is 8.97. The van der Waals surface area contributed by atoms with Gasteiger partial charge in [0.1, 0.15) is 5.60 Å². The van der Waals surface area contributed by atoms with Crippen LogP contribution in [0.3, 0.4) is 0 Å². The molecule has 2 N–H and O–H groups in total. The highest BCUT2D eigenvalue weighted by molar-refractivity contribution is 5.67. The minimum Gasteiger partial charge on any atom is -0.444 e. The van der Waals surface area contributed by atoms with Crippen LogP contribution < -0.4 is 10.6 Å². The quantitative estimate of drug-likeness (QED) is 0.729. The summed E-state index contributed by atoms with van der Waals surface area (Å²) in [5.41, 5.74) is -0.418. The Morgan fingerprint density at radius 2 is 1.79 bits per heavy atom. The molecule has 1 aliphatic rings. The van der Waals surface area contributed by atoms with Gasteiger partial charge in [0, 0.05) is 13.1 Å². The van der Waals surface area contributed by atoms with Gasteiger partial charge in [0.05, 0.1) is 0 Å². The first kappa shape index (κ1) is 16.3. The third-order valence-corrected chi connectivity index (χ3v) is 3.42. The number of carbonyl (C=O) groups is 1. The van der Waals surface area contributed by atoms with E-state index in [0.29, 0.717) is 6.54 Å². The largest absolute Gasteiger partial charge is 0.444 e. The first-order valence-electron chi connectivity index (χ1n) is 7.65. The van der Waals surface area contributed by atoms with Gasteiger partial charge in [-0.1, -0.05) is 32.1 Å². The molecule has 0 bridgehead atoms. The molecule has 1 fully saturated rings. The normalized spacial score (nSPS) is 17.2. The molecule has 1 rings (SSSR count). The molecule has 4 heteroatoms. The van der Waals surface area contributed by atoms with Crippen LogP contribution in [-0.2, 0) is 4.74 Å². The minimum absolute atomic E-state index is 0.332. The van der Waals surface area contributed by atoms with E-state index in [9.17, 15) is 4.79 Å². The second-order valence-corrected chi connectivity index (χ2v) is 6.47. The Morgan fingerprint density at radius 3 is 2.42 bits per heavy atom. The smallest absolute Gasteiger partial charge is 0.407 e. The van der Waals surface area contributed by atoms with Crippen LogP contribution in [-0.4, -0.2) is 31.3 Å². The number of nitrogens with one attached hydrogen (secondary N) is 2. The topological polar surface area (TPSA) is 50.4 Å². The molecule has 19 heavy (non-hydrogen) atoms. The molecule has 0 atom stereocenters. The Bertz CT molecular complexity index is 255. The average molecular weight is 270 g/mol. The van der Waals surface area contributed by atoms with Gasteiger partial charge >= 0.3 is 6.09 Å². The number of alkyl carbamates (subject to hydrolysis) is 1. The van der Waals surface area contributed by atoms with Crippen molar-refractivity contribution in [2.45, 2.75) is 64.9 Å². The van der Waals surface area contributed by atoms with Crippen LogP contribution in [0.2, 0.25) is 0 Å². The number of amides is 1. The van der Waals surface area contributed by atoms with E-state index in [2.05, 4.69) is 10.6 Å². The van der Waals surface area contributed by atoms with Crippen LogP contribution in [0.4, 0.5) is 4.79 Å². The van der Waals surface area contributed by atoms with E-state index in [1.165, 1.54) is 38.5 Å². The number of hydrogen-bond acceptors (Lipinski definition) is 3. The summed E-state index contributed by atoms with van der Waals surface area (Å²) in [6.07, 6.45) is 7.98. The summed E-state index contributed by atoms with van der Waals surface area (Å²) in [7, 11) is 0. The van der Waals surface area contributed by atoms with Gasteiger partial charge in [-0.2, -0.15) is 0 Å². The molecule has 0 radical (unpaired) electrons. The lowest BCUT2D eigenvalue weighted by Crippen LogP contribution is -2.36.